The number of aromatic amines is 1. The summed E-state index contributed by atoms with van der Waals surface area (Å²) in [5.74, 6) is 1.16. The van der Waals surface area contributed by atoms with Crippen molar-refractivity contribution in [3.05, 3.63) is 51.1 Å². The van der Waals surface area contributed by atoms with E-state index in [0.717, 1.165) is 22.8 Å². The Morgan fingerprint density at radius 1 is 1.36 bits per heavy atom. The molecule has 112 valence electrons. The summed E-state index contributed by atoms with van der Waals surface area (Å²) >= 11 is 1.30. The van der Waals surface area contributed by atoms with Crippen molar-refractivity contribution < 1.29 is 9.21 Å². The van der Waals surface area contributed by atoms with Crippen LogP contribution in [0, 0.1) is 13.8 Å². The minimum Gasteiger partial charge on any atom is -0.466 e. The van der Waals surface area contributed by atoms with E-state index in [1.165, 1.54) is 23.5 Å². The van der Waals surface area contributed by atoms with Crippen LogP contribution in [0.4, 0.5) is 5.13 Å². The van der Waals surface area contributed by atoms with Crippen LogP contribution in [0.3, 0.4) is 0 Å². The van der Waals surface area contributed by atoms with Gasteiger partial charge in [-0.1, -0.05) is 0 Å². The molecule has 0 saturated carbocycles. The highest BCUT2D eigenvalue weighted by Crippen LogP contribution is 2.29. The van der Waals surface area contributed by atoms with Gasteiger partial charge >= 0.3 is 0 Å². The van der Waals surface area contributed by atoms with E-state index in [9.17, 15) is 9.59 Å². The van der Waals surface area contributed by atoms with Gasteiger partial charge in [0.25, 0.3) is 11.5 Å². The van der Waals surface area contributed by atoms with Gasteiger partial charge in [-0.15, -0.1) is 11.3 Å². The molecule has 3 rings (SSSR count). The van der Waals surface area contributed by atoms with Crippen LogP contribution in [0.15, 0.2) is 32.8 Å². The molecule has 0 spiro atoms. The average Bonchev–Trinajstić information content (AvgIpc) is 3.06. The number of rotatable bonds is 3. The first-order chi connectivity index (χ1) is 10.5. The van der Waals surface area contributed by atoms with Crippen molar-refractivity contribution in [1.29, 1.82) is 0 Å². The maximum absolute atomic E-state index is 12.0. The second-order valence-electron chi connectivity index (χ2n) is 4.63. The number of carbonyl (C=O) groups excluding carboxylic acids is 1. The zero-order chi connectivity index (χ0) is 15.7. The van der Waals surface area contributed by atoms with Gasteiger partial charge in [0.05, 0.1) is 5.69 Å². The Morgan fingerprint density at radius 2 is 2.18 bits per heavy atom. The minimum absolute atomic E-state index is 0.117. The van der Waals surface area contributed by atoms with Gasteiger partial charge in [-0.2, -0.15) is 5.10 Å². The Kier molecular flexibility index (Phi) is 3.60. The van der Waals surface area contributed by atoms with Gasteiger partial charge in [0, 0.05) is 17.0 Å². The smallest absolute Gasteiger partial charge is 0.277 e. The molecule has 0 aromatic carbocycles. The first-order valence-electron chi connectivity index (χ1n) is 6.43. The third-order valence-electron chi connectivity index (χ3n) is 2.95. The summed E-state index contributed by atoms with van der Waals surface area (Å²) in [6.07, 6.45) is 0. The van der Waals surface area contributed by atoms with Crippen molar-refractivity contribution in [2.75, 3.05) is 5.32 Å². The molecule has 8 heteroatoms. The van der Waals surface area contributed by atoms with Gasteiger partial charge in [-0.05, 0) is 26.0 Å². The van der Waals surface area contributed by atoms with Crippen molar-refractivity contribution in [2.24, 2.45) is 0 Å². The Morgan fingerprint density at radius 3 is 2.82 bits per heavy atom. The number of aryl methyl sites for hydroxylation is 2. The Labute approximate surface area is 129 Å². The molecule has 0 saturated heterocycles. The van der Waals surface area contributed by atoms with Gasteiger partial charge < -0.3 is 4.42 Å². The third-order valence-corrected chi connectivity index (χ3v) is 3.71. The van der Waals surface area contributed by atoms with E-state index >= 15 is 0 Å². The van der Waals surface area contributed by atoms with Gasteiger partial charge in [0.1, 0.15) is 17.2 Å². The fourth-order valence-corrected chi connectivity index (χ4v) is 2.68. The largest absolute Gasteiger partial charge is 0.466 e. The lowest BCUT2D eigenvalue weighted by molar-refractivity contribution is 0.102. The number of amides is 1. The van der Waals surface area contributed by atoms with Crippen LogP contribution < -0.4 is 10.9 Å². The van der Waals surface area contributed by atoms with E-state index < -0.39 is 5.91 Å². The predicted octanol–water partition coefficient (Wildman–Crippen LogP) is 2.36. The van der Waals surface area contributed by atoms with Crippen LogP contribution in [0.1, 0.15) is 22.0 Å². The molecule has 0 aliphatic heterocycles. The normalized spacial score (nSPS) is 10.6. The standard InChI is InChI=1S/C14H12N4O3S/c1-7-5-9(8(2)21-7)11-6-22-14(15-11)16-13(20)10-3-4-12(19)18-17-10/h3-6H,1-2H3,(H,18,19)(H,15,16,20). The predicted molar refractivity (Wildman–Crippen MR) is 82.1 cm³/mol. The second-order valence-corrected chi connectivity index (χ2v) is 5.48. The van der Waals surface area contributed by atoms with Crippen molar-refractivity contribution in [3.63, 3.8) is 0 Å². The number of carbonyl (C=O) groups is 1. The molecule has 0 fully saturated rings. The van der Waals surface area contributed by atoms with E-state index in [2.05, 4.69) is 20.5 Å². The van der Waals surface area contributed by atoms with E-state index in [0.29, 0.717) is 5.13 Å². The fraction of sp³-hybridized carbons (Fsp3) is 0.143. The molecular formula is C14H12N4O3S. The maximum Gasteiger partial charge on any atom is 0.277 e. The number of nitrogens with zero attached hydrogens (tertiary/aromatic N) is 2. The molecule has 1 amide bonds. The minimum atomic E-state index is -0.433. The molecule has 3 aromatic rings. The van der Waals surface area contributed by atoms with Crippen molar-refractivity contribution in [1.82, 2.24) is 15.2 Å². The van der Waals surface area contributed by atoms with Gasteiger partial charge in [-0.3, -0.25) is 14.9 Å². The fourth-order valence-electron chi connectivity index (χ4n) is 1.97. The topological polar surface area (TPSA) is 101 Å². The number of nitrogens with one attached hydrogen (secondary N) is 2. The summed E-state index contributed by atoms with van der Waals surface area (Å²) in [7, 11) is 0. The van der Waals surface area contributed by atoms with Crippen LogP contribution in [0.2, 0.25) is 0 Å². The molecular weight excluding hydrogens is 304 g/mol. The molecule has 3 aromatic heterocycles. The summed E-state index contributed by atoms with van der Waals surface area (Å²) in [5.41, 5.74) is 1.39. The van der Waals surface area contributed by atoms with Gasteiger partial charge in [-0.25, -0.2) is 10.1 Å². The zero-order valence-electron chi connectivity index (χ0n) is 11.8. The van der Waals surface area contributed by atoms with E-state index in [4.69, 9.17) is 4.42 Å². The van der Waals surface area contributed by atoms with Crippen molar-refractivity contribution in [3.8, 4) is 11.3 Å². The summed E-state index contributed by atoms with van der Waals surface area (Å²) in [4.78, 5) is 27.3. The summed E-state index contributed by atoms with van der Waals surface area (Å²) < 4.78 is 5.47. The maximum atomic E-state index is 12.0. The number of furan rings is 1. The molecule has 0 aliphatic carbocycles. The van der Waals surface area contributed by atoms with E-state index in [1.54, 1.807) is 0 Å². The number of thiazole rings is 1. The number of hydrogen-bond acceptors (Lipinski definition) is 6. The van der Waals surface area contributed by atoms with Gasteiger partial charge in [0.15, 0.2) is 5.13 Å². The molecule has 2 N–H and O–H groups in total. The summed E-state index contributed by atoms with van der Waals surface area (Å²) in [5, 5.41) is 10.8. The van der Waals surface area contributed by atoms with Crippen molar-refractivity contribution >= 4 is 22.4 Å². The highest BCUT2D eigenvalue weighted by Gasteiger charge is 2.14. The molecule has 0 unspecified atom stereocenters. The number of aromatic nitrogens is 3. The second kappa shape index (κ2) is 5.57. The Hall–Kier alpha value is -2.74. The molecule has 0 aliphatic rings. The monoisotopic (exact) mass is 316 g/mol. The highest BCUT2D eigenvalue weighted by atomic mass is 32.1. The first kappa shape index (κ1) is 14.2. The Bertz CT molecular complexity index is 873. The van der Waals surface area contributed by atoms with Gasteiger partial charge in [0.2, 0.25) is 0 Å². The van der Waals surface area contributed by atoms with Crippen LogP contribution in [-0.4, -0.2) is 21.1 Å². The lowest BCUT2D eigenvalue weighted by Crippen LogP contribution is -2.17. The first-order valence-corrected chi connectivity index (χ1v) is 7.31. The molecule has 22 heavy (non-hydrogen) atoms. The number of anilines is 1. The highest BCUT2D eigenvalue weighted by molar-refractivity contribution is 7.14. The molecule has 0 radical (unpaired) electrons. The number of hydrogen-bond donors (Lipinski definition) is 2. The lowest BCUT2D eigenvalue weighted by atomic mass is 10.2. The Balaban J connectivity index is 1.79. The zero-order valence-corrected chi connectivity index (χ0v) is 12.7. The molecule has 0 bridgehead atoms. The molecule has 0 atom stereocenters. The van der Waals surface area contributed by atoms with E-state index in [1.807, 2.05) is 25.3 Å². The molecule has 7 nitrogen and oxygen atoms in total. The van der Waals surface area contributed by atoms with E-state index in [-0.39, 0.29) is 11.3 Å². The SMILES string of the molecule is Cc1cc(-c2csc(NC(=O)c3ccc(=O)[nH]n3)n2)c(C)o1. The molecule has 3 heterocycles. The average molecular weight is 316 g/mol. The van der Waals surface area contributed by atoms with Crippen LogP contribution in [0.25, 0.3) is 11.3 Å². The quantitative estimate of drug-likeness (QED) is 0.772. The van der Waals surface area contributed by atoms with Crippen LogP contribution in [0.5, 0.6) is 0 Å². The summed E-state index contributed by atoms with van der Waals surface area (Å²) in [6, 6.07) is 4.50. The lowest BCUT2D eigenvalue weighted by Gasteiger charge is -1.99. The summed E-state index contributed by atoms with van der Waals surface area (Å²) in [6.45, 7) is 3.73. The van der Waals surface area contributed by atoms with Crippen LogP contribution in [-0.2, 0) is 0 Å². The van der Waals surface area contributed by atoms with Crippen LogP contribution >= 0.6 is 11.3 Å². The number of H-pyrrole nitrogens is 1. The third kappa shape index (κ3) is 2.82. The van der Waals surface area contributed by atoms with Crippen molar-refractivity contribution in [2.45, 2.75) is 13.8 Å².